The van der Waals surface area contributed by atoms with Gasteiger partial charge in [-0.05, 0) is 60.5 Å². The predicted molar refractivity (Wildman–Crippen MR) is 128 cm³/mol. The molecule has 1 fully saturated rings. The molecule has 164 valence electrons. The van der Waals surface area contributed by atoms with Gasteiger partial charge in [0, 0.05) is 16.4 Å². The van der Waals surface area contributed by atoms with E-state index in [4.69, 9.17) is 11.6 Å². The van der Waals surface area contributed by atoms with Gasteiger partial charge in [-0.1, -0.05) is 53.7 Å². The maximum atomic E-state index is 13.4. The highest BCUT2D eigenvalue weighted by atomic mass is 35.5. The summed E-state index contributed by atoms with van der Waals surface area (Å²) in [5, 5.41) is 12.8. The fraction of sp³-hybridized carbons (Fsp3) is 0.0800. The third-order valence-corrected chi connectivity index (χ3v) is 6.47. The molecule has 0 saturated carbocycles. The van der Waals surface area contributed by atoms with Crippen molar-refractivity contribution < 1.29 is 14.0 Å². The van der Waals surface area contributed by atoms with Crippen molar-refractivity contribution in [3.63, 3.8) is 0 Å². The zero-order valence-electron chi connectivity index (χ0n) is 17.2. The minimum Gasteiger partial charge on any atom is -0.321 e. The quantitative estimate of drug-likeness (QED) is 0.386. The molecule has 3 aromatic carbocycles. The molecule has 1 N–H and O–H groups in total. The second-order valence-electron chi connectivity index (χ2n) is 7.20. The van der Waals surface area contributed by atoms with Crippen LogP contribution in [0.1, 0.15) is 5.56 Å². The van der Waals surface area contributed by atoms with Gasteiger partial charge < -0.3 is 5.32 Å². The maximum Gasteiger partial charge on any atom is 0.269 e. The summed E-state index contributed by atoms with van der Waals surface area (Å²) in [6.07, 6.45) is 0.409. The van der Waals surface area contributed by atoms with Crippen molar-refractivity contribution in [2.75, 3.05) is 10.2 Å². The number of amides is 2. The van der Waals surface area contributed by atoms with Gasteiger partial charge in [0.1, 0.15) is 22.5 Å². The molecule has 4 rings (SSSR count). The average Bonchev–Trinajstić information content (AvgIpc) is 3.13. The van der Waals surface area contributed by atoms with E-state index in [2.05, 4.69) is 5.32 Å². The molecule has 0 unspecified atom stereocenters. The summed E-state index contributed by atoms with van der Waals surface area (Å²) >= 11 is 7.14. The number of thioether (sulfide) groups is 1. The van der Waals surface area contributed by atoms with Crippen LogP contribution in [0, 0.1) is 17.1 Å². The standard InChI is InChI=1S/C25H17ClFN3O2S/c26-17-8-6-16(7-9-17)14-22-24(32)30(20-4-2-1-3-5-20)25(33-22)21(15-28)23(31)29-19-12-10-18(27)11-13-19/h1-13,22H,14H2,(H,29,31)/b25-21+/t22-/m1/s1. The molecule has 8 heteroatoms. The van der Waals surface area contributed by atoms with E-state index >= 15 is 0 Å². The van der Waals surface area contributed by atoms with Crippen LogP contribution >= 0.6 is 23.4 Å². The number of carbonyl (C=O) groups is 2. The average molecular weight is 478 g/mol. The minimum atomic E-state index is -0.674. The number of rotatable bonds is 5. The van der Waals surface area contributed by atoms with Crippen molar-refractivity contribution in [1.29, 1.82) is 5.26 Å². The molecule has 1 aliphatic heterocycles. The Bertz CT molecular complexity index is 1260. The van der Waals surface area contributed by atoms with Crippen molar-refractivity contribution in [3.05, 3.63) is 106 Å². The summed E-state index contributed by atoms with van der Waals surface area (Å²) in [5.74, 6) is -1.34. The number of carbonyl (C=O) groups excluding carboxylic acids is 2. The van der Waals surface area contributed by atoms with E-state index in [-0.39, 0.29) is 16.5 Å². The lowest BCUT2D eigenvalue weighted by molar-refractivity contribution is -0.117. The Kier molecular flexibility index (Phi) is 6.78. The van der Waals surface area contributed by atoms with Crippen molar-refractivity contribution >= 4 is 46.6 Å². The molecule has 1 atom stereocenters. The molecule has 0 spiro atoms. The molecular formula is C25H17ClFN3O2S. The second-order valence-corrected chi connectivity index (χ2v) is 8.83. The molecule has 1 aliphatic rings. The molecule has 1 heterocycles. The summed E-state index contributed by atoms with van der Waals surface area (Å²) < 4.78 is 13.2. The molecule has 0 bridgehead atoms. The van der Waals surface area contributed by atoms with E-state index in [1.807, 2.05) is 24.3 Å². The Morgan fingerprint density at radius 1 is 1.06 bits per heavy atom. The number of benzene rings is 3. The van der Waals surface area contributed by atoms with Crippen LogP contribution in [0.5, 0.6) is 0 Å². The largest absolute Gasteiger partial charge is 0.321 e. The molecule has 33 heavy (non-hydrogen) atoms. The Morgan fingerprint density at radius 2 is 1.73 bits per heavy atom. The van der Waals surface area contributed by atoms with Crippen LogP contribution in [-0.2, 0) is 16.0 Å². The fourth-order valence-corrected chi connectivity index (χ4v) is 4.79. The van der Waals surface area contributed by atoms with E-state index in [9.17, 15) is 19.2 Å². The second kappa shape index (κ2) is 9.90. The minimum absolute atomic E-state index is 0.194. The van der Waals surface area contributed by atoms with Crippen molar-refractivity contribution in [3.8, 4) is 6.07 Å². The summed E-state index contributed by atoms with van der Waals surface area (Å²) in [6.45, 7) is 0. The van der Waals surface area contributed by atoms with Crippen LogP contribution in [-0.4, -0.2) is 17.1 Å². The van der Waals surface area contributed by atoms with Gasteiger partial charge in [0.05, 0.1) is 5.25 Å². The Balaban J connectivity index is 1.70. The van der Waals surface area contributed by atoms with Crippen LogP contribution in [0.25, 0.3) is 0 Å². The highest BCUT2D eigenvalue weighted by Crippen LogP contribution is 2.42. The molecular weight excluding hydrogens is 461 g/mol. The predicted octanol–water partition coefficient (Wildman–Crippen LogP) is 5.54. The summed E-state index contributed by atoms with van der Waals surface area (Å²) in [4.78, 5) is 27.7. The third kappa shape index (κ3) is 5.08. The van der Waals surface area contributed by atoms with Gasteiger partial charge >= 0.3 is 0 Å². The van der Waals surface area contributed by atoms with Gasteiger partial charge in [-0.25, -0.2) is 4.39 Å². The zero-order chi connectivity index (χ0) is 23.4. The molecule has 0 radical (unpaired) electrons. The molecule has 3 aromatic rings. The van der Waals surface area contributed by atoms with Crippen LogP contribution < -0.4 is 10.2 Å². The lowest BCUT2D eigenvalue weighted by atomic mass is 10.1. The first-order valence-electron chi connectivity index (χ1n) is 9.97. The number of hydrogen-bond donors (Lipinski definition) is 1. The first kappa shape index (κ1) is 22.6. The third-order valence-electron chi connectivity index (χ3n) is 4.96. The molecule has 1 saturated heterocycles. The SMILES string of the molecule is N#C/C(C(=O)Nc1ccc(F)cc1)=C1\S[C@H](Cc2ccc(Cl)cc2)C(=O)N1c1ccccc1. The monoisotopic (exact) mass is 477 g/mol. The number of anilines is 2. The van der Waals surface area contributed by atoms with Crippen LogP contribution in [0.3, 0.4) is 0 Å². The topological polar surface area (TPSA) is 73.2 Å². The Labute approximate surface area is 199 Å². The number of halogens is 2. The first-order chi connectivity index (χ1) is 16.0. The summed E-state index contributed by atoms with van der Waals surface area (Å²) in [5.41, 5.74) is 1.62. The Morgan fingerprint density at radius 3 is 2.36 bits per heavy atom. The van der Waals surface area contributed by atoms with E-state index in [1.165, 1.54) is 40.9 Å². The number of para-hydroxylation sites is 1. The zero-order valence-corrected chi connectivity index (χ0v) is 18.7. The van der Waals surface area contributed by atoms with Gasteiger partial charge in [-0.2, -0.15) is 5.26 Å². The van der Waals surface area contributed by atoms with E-state index in [1.54, 1.807) is 36.4 Å². The van der Waals surface area contributed by atoms with Gasteiger partial charge in [0.2, 0.25) is 5.91 Å². The summed E-state index contributed by atoms with van der Waals surface area (Å²) in [6, 6.07) is 23.2. The fourth-order valence-electron chi connectivity index (χ4n) is 3.36. The smallest absolute Gasteiger partial charge is 0.269 e. The van der Waals surface area contributed by atoms with Crippen molar-refractivity contribution in [2.45, 2.75) is 11.7 Å². The van der Waals surface area contributed by atoms with E-state index in [0.29, 0.717) is 22.8 Å². The van der Waals surface area contributed by atoms with Crippen LogP contribution in [0.15, 0.2) is 89.5 Å². The number of nitrogens with zero attached hydrogens (tertiary/aromatic N) is 2. The van der Waals surface area contributed by atoms with Crippen molar-refractivity contribution in [2.24, 2.45) is 0 Å². The number of nitrogens with one attached hydrogen (secondary N) is 1. The van der Waals surface area contributed by atoms with E-state index < -0.39 is 17.0 Å². The number of nitriles is 1. The first-order valence-corrected chi connectivity index (χ1v) is 11.2. The van der Waals surface area contributed by atoms with Gasteiger partial charge in [-0.3, -0.25) is 14.5 Å². The van der Waals surface area contributed by atoms with Gasteiger partial charge in [-0.15, -0.1) is 0 Å². The molecule has 0 aromatic heterocycles. The molecule has 2 amide bonds. The molecule has 0 aliphatic carbocycles. The highest BCUT2D eigenvalue weighted by molar-refractivity contribution is 8.05. The van der Waals surface area contributed by atoms with Crippen LogP contribution in [0.2, 0.25) is 5.02 Å². The normalized spacial score (nSPS) is 16.9. The van der Waals surface area contributed by atoms with Crippen LogP contribution in [0.4, 0.5) is 15.8 Å². The number of hydrogen-bond acceptors (Lipinski definition) is 4. The van der Waals surface area contributed by atoms with Crippen molar-refractivity contribution in [1.82, 2.24) is 0 Å². The maximum absolute atomic E-state index is 13.4. The van der Waals surface area contributed by atoms with Gasteiger partial charge in [0.25, 0.3) is 5.91 Å². The lowest BCUT2D eigenvalue weighted by Crippen LogP contribution is -2.30. The van der Waals surface area contributed by atoms with Gasteiger partial charge in [0.15, 0.2) is 0 Å². The van der Waals surface area contributed by atoms with E-state index in [0.717, 1.165) is 5.56 Å². The summed E-state index contributed by atoms with van der Waals surface area (Å²) in [7, 11) is 0. The highest BCUT2D eigenvalue weighted by Gasteiger charge is 2.40. The Hall–Kier alpha value is -3.60. The lowest BCUT2D eigenvalue weighted by Gasteiger charge is -2.18. The molecule has 5 nitrogen and oxygen atoms in total.